The molecule has 3 heteroatoms. The van der Waals surface area contributed by atoms with Gasteiger partial charge in [-0.25, -0.2) is 0 Å². The Kier molecular flexibility index (Phi) is 2.34. The third-order valence-electron chi connectivity index (χ3n) is 2.03. The number of hydrogen-bond acceptors (Lipinski definition) is 2. The van der Waals surface area contributed by atoms with Gasteiger partial charge in [-0.15, -0.1) is 0 Å². The largest absolute Gasteiger partial charge is 0.334 e. The van der Waals surface area contributed by atoms with Crippen LogP contribution in [0.2, 0.25) is 0 Å². The molecule has 0 amide bonds. The summed E-state index contributed by atoms with van der Waals surface area (Å²) in [5, 5.41) is 0. The van der Waals surface area contributed by atoms with E-state index in [1.165, 1.54) is 0 Å². The molecule has 2 unspecified atom stereocenters. The lowest BCUT2D eigenvalue weighted by Crippen LogP contribution is -2.35. The zero-order chi connectivity index (χ0) is 7.78. The van der Waals surface area contributed by atoms with E-state index in [1.54, 1.807) is 0 Å². The maximum absolute atomic E-state index is 5.54. The standard InChI is InChI=1S/C7H15O2P/c1-6-7(2,3)5-8-10(4)9-6/h6H,5H2,1-4H3. The molecule has 1 rings (SSSR count). The van der Waals surface area contributed by atoms with E-state index < -0.39 is 8.38 Å². The molecule has 0 aromatic rings. The highest BCUT2D eigenvalue weighted by molar-refractivity contribution is 7.46. The molecule has 2 nitrogen and oxygen atoms in total. The van der Waals surface area contributed by atoms with Crippen LogP contribution < -0.4 is 0 Å². The molecule has 1 saturated heterocycles. The molecule has 0 aliphatic carbocycles. The molecule has 0 aromatic carbocycles. The molecule has 0 saturated carbocycles. The second-order valence-electron chi connectivity index (χ2n) is 3.45. The van der Waals surface area contributed by atoms with Gasteiger partial charge in [-0.1, -0.05) is 13.8 Å². The summed E-state index contributed by atoms with van der Waals surface area (Å²) in [4.78, 5) is 0. The first kappa shape index (κ1) is 8.45. The Balaban J connectivity index is 2.52. The predicted octanol–water partition coefficient (Wildman–Crippen LogP) is 2.39. The summed E-state index contributed by atoms with van der Waals surface area (Å²) < 4.78 is 11.0. The van der Waals surface area contributed by atoms with Gasteiger partial charge in [0.1, 0.15) is 0 Å². The van der Waals surface area contributed by atoms with E-state index in [9.17, 15) is 0 Å². The van der Waals surface area contributed by atoms with E-state index in [2.05, 4.69) is 20.8 Å². The summed E-state index contributed by atoms with van der Waals surface area (Å²) in [6, 6.07) is 0. The minimum Gasteiger partial charge on any atom is -0.334 e. The van der Waals surface area contributed by atoms with Gasteiger partial charge in [0.25, 0.3) is 0 Å². The van der Waals surface area contributed by atoms with E-state index in [4.69, 9.17) is 9.05 Å². The molecular weight excluding hydrogens is 147 g/mol. The van der Waals surface area contributed by atoms with Crippen molar-refractivity contribution in [3.05, 3.63) is 0 Å². The van der Waals surface area contributed by atoms with Crippen LogP contribution in [0.4, 0.5) is 0 Å². The van der Waals surface area contributed by atoms with E-state index in [0.717, 1.165) is 6.61 Å². The van der Waals surface area contributed by atoms with Crippen LogP contribution in [0.25, 0.3) is 0 Å². The quantitative estimate of drug-likeness (QED) is 0.509. The maximum Gasteiger partial charge on any atom is 0.167 e. The molecule has 1 aliphatic heterocycles. The third kappa shape index (κ3) is 1.69. The van der Waals surface area contributed by atoms with Crippen LogP contribution in [0.3, 0.4) is 0 Å². The fourth-order valence-corrected chi connectivity index (χ4v) is 2.08. The molecule has 0 bridgehead atoms. The molecule has 1 aliphatic rings. The molecule has 0 aromatic heterocycles. The van der Waals surface area contributed by atoms with Crippen molar-refractivity contribution in [2.24, 2.45) is 5.41 Å². The normalized spacial score (nSPS) is 39.6. The SMILES string of the molecule is CC1OP(C)OCC1(C)C. The van der Waals surface area contributed by atoms with Crippen LogP contribution in [0, 0.1) is 5.41 Å². The molecule has 60 valence electrons. The van der Waals surface area contributed by atoms with E-state index in [1.807, 2.05) is 6.66 Å². The highest BCUT2D eigenvalue weighted by Crippen LogP contribution is 2.46. The molecular formula is C7H15O2P. The second kappa shape index (κ2) is 2.77. The summed E-state index contributed by atoms with van der Waals surface area (Å²) in [7, 11) is -0.589. The fourth-order valence-electron chi connectivity index (χ4n) is 0.770. The summed E-state index contributed by atoms with van der Waals surface area (Å²) in [6.45, 7) is 9.28. The van der Waals surface area contributed by atoms with Crippen LogP contribution >= 0.6 is 8.38 Å². The summed E-state index contributed by atoms with van der Waals surface area (Å²) in [5.41, 5.74) is 0.189. The van der Waals surface area contributed by atoms with Crippen molar-refractivity contribution in [1.29, 1.82) is 0 Å². The summed E-state index contributed by atoms with van der Waals surface area (Å²) in [6.07, 6.45) is 0.331. The topological polar surface area (TPSA) is 18.5 Å². The zero-order valence-corrected chi connectivity index (χ0v) is 7.94. The molecule has 0 N–H and O–H groups in total. The Morgan fingerprint density at radius 1 is 1.50 bits per heavy atom. The van der Waals surface area contributed by atoms with E-state index in [0.29, 0.717) is 6.10 Å². The van der Waals surface area contributed by atoms with Crippen LogP contribution in [0.5, 0.6) is 0 Å². The highest BCUT2D eigenvalue weighted by atomic mass is 31.2. The minimum absolute atomic E-state index is 0.189. The van der Waals surface area contributed by atoms with Crippen LogP contribution in [-0.2, 0) is 9.05 Å². The van der Waals surface area contributed by atoms with Gasteiger partial charge >= 0.3 is 0 Å². The van der Waals surface area contributed by atoms with Gasteiger partial charge in [0, 0.05) is 12.1 Å². The van der Waals surface area contributed by atoms with Gasteiger partial charge < -0.3 is 9.05 Å². The van der Waals surface area contributed by atoms with Gasteiger partial charge in [0.05, 0.1) is 12.7 Å². The van der Waals surface area contributed by atoms with E-state index in [-0.39, 0.29) is 5.41 Å². The summed E-state index contributed by atoms with van der Waals surface area (Å²) >= 11 is 0. The average molecular weight is 162 g/mol. The monoisotopic (exact) mass is 162 g/mol. The van der Waals surface area contributed by atoms with Crippen LogP contribution in [0.15, 0.2) is 0 Å². The van der Waals surface area contributed by atoms with Crippen molar-refractivity contribution in [3.8, 4) is 0 Å². The zero-order valence-electron chi connectivity index (χ0n) is 7.05. The first-order chi connectivity index (χ1) is 4.52. The summed E-state index contributed by atoms with van der Waals surface area (Å²) in [5.74, 6) is 0. The van der Waals surface area contributed by atoms with Crippen molar-refractivity contribution in [1.82, 2.24) is 0 Å². The fraction of sp³-hybridized carbons (Fsp3) is 1.00. The molecule has 1 heterocycles. The van der Waals surface area contributed by atoms with Gasteiger partial charge in [0.2, 0.25) is 0 Å². The number of rotatable bonds is 0. The Labute approximate surface area is 63.8 Å². The van der Waals surface area contributed by atoms with Crippen molar-refractivity contribution in [2.75, 3.05) is 13.3 Å². The van der Waals surface area contributed by atoms with Crippen molar-refractivity contribution < 1.29 is 9.05 Å². The van der Waals surface area contributed by atoms with Crippen molar-refractivity contribution >= 4 is 8.38 Å². The van der Waals surface area contributed by atoms with Gasteiger partial charge in [-0.2, -0.15) is 0 Å². The van der Waals surface area contributed by atoms with Gasteiger partial charge in [-0.3, -0.25) is 0 Å². The Bertz CT molecular complexity index is 125. The lowest BCUT2D eigenvalue weighted by Gasteiger charge is -2.38. The molecule has 0 spiro atoms. The predicted molar refractivity (Wildman–Crippen MR) is 43.1 cm³/mol. The Morgan fingerprint density at radius 2 is 2.10 bits per heavy atom. The average Bonchev–Trinajstić information content (AvgIpc) is 1.81. The Morgan fingerprint density at radius 3 is 2.50 bits per heavy atom. The lowest BCUT2D eigenvalue weighted by molar-refractivity contribution is 0.00342. The van der Waals surface area contributed by atoms with Crippen molar-refractivity contribution in [2.45, 2.75) is 26.9 Å². The van der Waals surface area contributed by atoms with Crippen molar-refractivity contribution in [3.63, 3.8) is 0 Å². The maximum atomic E-state index is 5.54. The highest BCUT2D eigenvalue weighted by Gasteiger charge is 2.33. The first-order valence-corrected chi connectivity index (χ1v) is 5.18. The molecule has 10 heavy (non-hydrogen) atoms. The minimum atomic E-state index is -0.589. The molecule has 1 fully saturated rings. The lowest BCUT2D eigenvalue weighted by atomic mass is 9.89. The van der Waals surface area contributed by atoms with Gasteiger partial charge in [-0.05, 0) is 6.92 Å². The molecule has 2 atom stereocenters. The smallest absolute Gasteiger partial charge is 0.167 e. The second-order valence-corrected chi connectivity index (χ2v) is 4.80. The van der Waals surface area contributed by atoms with Gasteiger partial charge in [0.15, 0.2) is 8.38 Å². The van der Waals surface area contributed by atoms with E-state index >= 15 is 0 Å². The van der Waals surface area contributed by atoms with Crippen LogP contribution in [0.1, 0.15) is 20.8 Å². The van der Waals surface area contributed by atoms with Crippen LogP contribution in [-0.4, -0.2) is 19.4 Å². The third-order valence-corrected chi connectivity index (χ3v) is 3.13. The Hall–Kier alpha value is 0.350. The number of hydrogen-bond donors (Lipinski definition) is 0. The molecule has 0 radical (unpaired) electrons. The first-order valence-electron chi connectivity index (χ1n) is 3.56.